The Morgan fingerprint density at radius 2 is 1.59 bits per heavy atom. The van der Waals surface area contributed by atoms with E-state index >= 15 is 0 Å². The van der Waals surface area contributed by atoms with Gasteiger partial charge in [-0.15, -0.1) is 0 Å². The minimum Gasteiger partial charge on any atom is -0.368 e. The van der Waals surface area contributed by atoms with Crippen molar-refractivity contribution in [1.82, 2.24) is 4.90 Å². The second-order valence-electron chi connectivity index (χ2n) is 6.82. The van der Waals surface area contributed by atoms with Crippen molar-refractivity contribution >= 4 is 39.7 Å². The highest BCUT2D eigenvalue weighted by Gasteiger charge is 2.20. The van der Waals surface area contributed by atoms with Crippen molar-refractivity contribution in [2.45, 2.75) is 0 Å². The highest BCUT2D eigenvalue weighted by Crippen LogP contribution is 2.26. The molecule has 1 aliphatic heterocycles. The number of nitrogens with zero attached hydrogens (tertiary/aromatic N) is 2. The number of para-hydroxylation sites is 1. The van der Waals surface area contributed by atoms with Crippen LogP contribution < -0.4 is 10.2 Å². The number of rotatable bonds is 4. The van der Waals surface area contributed by atoms with E-state index in [0.717, 1.165) is 48.0 Å². The normalized spacial score (nSPS) is 15.1. The summed E-state index contributed by atoms with van der Waals surface area (Å²) in [6.07, 6.45) is 0. The molecule has 1 saturated heterocycles. The summed E-state index contributed by atoms with van der Waals surface area (Å²) in [6.45, 7) is 3.83. The monoisotopic (exact) mass is 379 g/mol. The molecule has 0 unspecified atom stereocenters. The van der Waals surface area contributed by atoms with Crippen LogP contribution >= 0.6 is 11.6 Å². The molecule has 4 rings (SSSR count). The van der Waals surface area contributed by atoms with Crippen molar-refractivity contribution in [2.24, 2.45) is 0 Å². The van der Waals surface area contributed by atoms with Gasteiger partial charge in [-0.1, -0.05) is 54.1 Å². The van der Waals surface area contributed by atoms with E-state index in [1.54, 1.807) is 0 Å². The summed E-state index contributed by atoms with van der Waals surface area (Å²) in [6, 6.07) is 22.1. The summed E-state index contributed by atoms with van der Waals surface area (Å²) in [7, 11) is 0. The van der Waals surface area contributed by atoms with Crippen LogP contribution in [0.5, 0.6) is 0 Å². The van der Waals surface area contributed by atoms with Crippen LogP contribution in [0.15, 0.2) is 66.7 Å². The molecule has 3 aromatic rings. The Morgan fingerprint density at radius 3 is 2.37 bits per heavy atom. The molecule has 1 heterocycles. The number of amides is 1. The number of piperazine rings is 1. The third-order valence-electron chi connectivity index (χ3n) is 4.97. The van der Waals surface area contributed by atoms with Gasteiger partial charge in [0.1, 0.15) is 0 Å². The van der Waals surface area contributed by atoms with E-state index in [-0.39, 0.29) is 5.91 Å². The Hall–Kier alpha value is -2.56. The molecule has 4 nitrogen and oxygen atoms in total. The average molecular weight is 380 g/mol. The van der Waals surface area contributed by atoms with E-state index in [1.807, 2.05) is 54.6 Å². The summed E-state index contributed by atoms with van der Waals surface area (Å²) in [4.78, 5) is 16.9. The average Bonchev–Trinajstić information content (AvgIpc) is 2.69. The standard InChI is InChI=1S/C22H22ClN3O/c23-20-7-3-4-8-21(20)26-13-11-25(12-14-26)16-22(27)24-19-10-9-17-5-1-2-6-18(17)15-19/h1-10,15H,11-14,16H2,(H,24,27). The molecule has 1 aliphatic rings. The van der Waals surface area contributed by atoms with Gasteiger partial charge in [0.25, 0.3) is 0 Å². The SMILES string of the molecule is O=C(CN1CCN(c2ccccc2Cl)CC1)Nc1ccc2ccccc2c1. The second-order valence-corrected chi connectivity index (χ2v) is 7.23. The van der Waals surface area contributed by atoms with E-state index in [9.17, 15) is 4.79 Å². The van der Waals surface area contributed by atoms with Crippen LogP contribution in [0.25, 0.3) is 10.8 Å². The number of halogens is 1. The maximum atomic E-state index is 12.4. The van der Waals surface area contributed by atoms with E-state index in [4.69, 9.17) is 11.6 Å². The Labute approximate surface area is 164 Å². The zero-order valence-corrected chi connectivity index (χ0v) is 15.8. The number of hydrogen-bond acceptors (Lipinski definition) is 3. The first-order valence-electron chi connectivity index (χ1n) is 9.19. The Morgan fingerprint density at radius 1 is 0.889 bits per heavy atom. The molecule has 5 heteroatoms. The first-order valence-corrected chi connectivity index (χ1v) is 9.57. The summed E-state index contributed by atoms with van der Waals surface area (Å²) in [5.74, 6) is 0.0245. The number of hydrogen-bond donors (Lipinski definition) is 1. The molecule has 0 aromatic heterocycles. The molecule has 1 fully saturated rings. The Balaban J connectivity index is 1.32. The van der Waals surface area contributed by atoms with Crippen LogP contribution in [0.2, 0.25) is 5.02 Å². The molecule has 0 bridgehead atoms. The fourth-order valence-electron chi connectivity index (χ4n) is 3.53. The number of benzene rings is 3. The lowest BCUT2D eigenvalue weighted by atomic mass is 10.1. The number of carbonyl (C=O) groups is 1. The predicted molar refractivity (Wildman–Crippen MR) is 113 cm³/mol. The second kappa shape index (κ2) is 7.99. The molecule has 138 valence electrons. The van der Waals surface area contributed by atoms with Gasteiger partial charge in [0, 0.05) is 31.9 Å². The van der Waals surface area contributed by atoms with Crippen molar-refractivity contribution in [3.05, 3.63) is 71.8 Å². The van der Waals surface area contributed by atoms with Gasteiger partial charge in [0.15, 0.2) is 0 Å². The predicted octanol–water partition coefficient (Wildman–Crippen LogP) is 4.25. The first-order chi connectivity index (χ1) is 13.2. The molecule has 0 aliphatic carbocycles. The van der Waals surface area contributed by atoms with Gasteiger partial charge in [-0.3, -0.25) is 9.69 Å². The van der Waals surface area contributed by atoms with Crippen LogP contribution in [0, 0.1) is 0 Å². The van der Waals surface area contributed by atoms with E-state index in [2.05, 4.69) is 27.2 Å². The fourth-order valence-corrected chi connectivity index (χ4v) is 3.78. The smallest absolute Gasteiger partial charge is 0.238 e. The van der Waals surface area contributed by atoms with Gasteiger partial charge in [-0.25, -0.2) is 0 Å². The topological polar surface area (TPSA) is 35.6 Å². The fraction of sp³-hybridized carbons (Fsp3) is 0.227. The molecule has 27 heavy (non-hydrogen) atoms. The number of carbonyl (C=O) groups excluding carboxylic acids is 1. The lowest BCUT2D eigenvalue weighted by Crippen LogP contribution is -2.48. The Kier molecular flexibility index (Phi) is 5.28. The van der Waals surface area contributed by atoms with Gasteiger partial charge in [0.05, 0.1) is 17.3 Å². The number of nitrogens with one attached hydrogen (secondary N) is 1. The van der Waals surface area contributed by atoms with Gasteiger partial charge in [-0.2, -0.15) is 0 Å². The maximum Gasteiger partial charge on any atom is 0.238 e. The minimum absolute atomic E-state index is 0.0245. The molecule has 0 radical (unpaired) electrons. The van der Waals surface area contributed by atoms with Crippen LogP contribution in [0.1, 0.15) is 0 Å². The molecular weight excluding hydrogens is 358 g/mol. The third-order valence-corrected chi connectivity index (χ3v) is 5.29. The zero-order valence-electron chi connectivity index (χ0n) is 15.1. The highest BCUT2D eigenvalue weighted by molar-refractivity contribution is 6.33. The molecule has 0 spiro atoms. The van der Waals surface area contributed by atoms with Gasteiger partial charge in [-0.05, 0) is 35.0 Å². The lowest BCUT2D eigenvalue weighted by molar-refractivity contribution is -0.117. The lowest BCUT2D eigenvalue weighted by Gasteiger charge is -2.36. The molecule has 3 aromatic carbocycles. The summed E-state index contributed by atoms with van der Waals surface area (Å²) >= 11 is 6.29. The van der Waals surface area contributed by atoms with Crippen molar-refractivity contribution in [2.75, 3.05) is 42.9 Å². The minimum atomic E-state index is 0.0245. The number of fused-ring (bicyclic) bond motifs is 1. The number of anilines is 2. The van der Waals surface area contributed by atoms with E-state index in [1.165, 1.54) is 5.39 Å². The molecule has 0 atom stereocenters. The van der Waals surface area contributed by atoms with Gasteiger partial charge in [0.2, 0.25) is 5.91 Å². The largest absolute Gasteiger partial charge is 0.368 e. The highest BCUT2D eigenvalue weighted by atomic mass is 35.5. The van der Waals surface area contributed by atoms with E-state index < -0.39 is 0 Å². The van der Waals surface area contributed by atoms with Gasteiger partial charge < -0.3 is 10.2 Å². The van der Waals surface area contributed by atoms with Crippen LogP contribution in [-0.2, 0) is 4.79 Å². The molecule has 1 N–H and O–H groups in total. The maximum absolute atomic E-state index is 12.4. The van der Waals surface area contributed by atoms with Crippen LogP contribution in [0.3, 0.4) is 0 Å². The van der Waals surface area contributed by atoms with Gasteiger partial charge >= 0.3 is 0 Å². The quantitative estimate of drug-likeness (QED) is 0.736. The van der Waals surface area contributed by atoms with Crippen molar-refractivity contribution in [1.29, 1.82) is 0 Å². The zero-order chi connectivity index (χ0) is 18.6. The van der Waals surface area contributed by atoms with Crippen molar-refractivity contribution < 1.29 is 4.79 Å². The third kappa shape index (κ3) is 4.24. The van der Waals surface area contributed by atoms with Crippen LogP contribution in [-0.4, -0.2) is 43.5 Å². The van der Waals surface area contributed by atoms with Crippen LogP contribution in [0.4, 0.5) is 11.4 Å². The summed E-state index contributed by atoms with van der Waals surface area (Å²) in [5, 5.41) is 6.10. The molecule has 1 amide bonds. The first kappa shape index (κ1) is 17.8. The molecule has 0 saturated carbocycles. The molecular formula is C22H22ClN3O. The van der Waals surface area contributed by atoms with E-state index in [0.29, 0.717) is 6.54 Å². The summed E-state index contributed by atoms with van der Waals surface area (Å²) in [5.41, 5.74) is 1.91. The van der Waals surface area contributed by atoms with Crippen molar-refractivity contribution in [3.8, 4) is 0 Å². The summed E-state index contributed by atoms with van der Waals surface area (Å²) < 4.78 is 0. The van der Waals surface area contributed by atoms with Crippen molar-refractivity contribution in [3.63, 3.8) is 0 Å². The Bertz CT molecular complexity index is 951.